The minimum atomic E-state index is 0.521. The number of nitriles is 1. The maximum Gasteiger partial charge on any atom is 0.101 e. The molecule has 18 heavy (non-hydrogen) atoms. The summed E-state index contributed by atoms with van der Waals surface area (Å²) < 4.78 is 0. The smallest absolute Gasteiger partial charge is 0.101 e. The Morgan fingerprint density at radius 1 is 1.11 bits per heavy atom. The molecular weight excluding hydrogens is 267 g/mol. The van der Waals surface area contributed by atoms with Gasteiger partial charge in [-0.15, -0.1) is 0 Å². The Kier molecular flexibility index (Phi) is 3.76. The second-order valence-electron chi connectivity index (χ2n) is 3.88. The highest BCUT2D eigenvalue weighted by Crippen LogP contribution is 2.33. The van der Waals surface area contributed by atoms with E-state index >= 15 is 0 Å². The molecule has 0 fully saturated rings. The number of halogens is 2. The maximum absolute atomic E-state index is 9.07. The van der Waals surface area contributed by atoms with Gasteiger partial charge in [-0.2, -0.15) is 5.26 Å². The predicted octanol–water partition coefficient (Wildman–Crippen LogP) is 4.92. The van der Waals surface area contributed by atoms with Crippen LogP contribution in [0.5, 0.6) is 0 Å². The first-order valence-electron chi connectivity index (χ1n) is 5.33. The summed E-state index contributed by atoms with van der Waals surface area (Å²) in [7, 11) is 0. The van der Waals surface area contributed by atoms with Gasteiger partial charge in [0, 0.05) is 0 Å². The largest absolute Gasteiger partial charge is 0.352 e. The van der Waals surface area contributed by atoms with Crippen molar-refractivity contribution in [1.29, 1.82) is 5.26 Å². The van der Waals surface area contributed by atoms with Gasteiger partial charge >= 0.3 is 0 Å². The summed E-state index contributed by atoms with van der Waals surface area (Å²) in [4.78, 5) is 0. The van der Waals surface area contributed by atoms with Crippen molar-refractivity contribution in [3.63, 3.8) is 0 Å². The lowest BCUT2D eigenvalue weighted by atomic mass is 10.1. The molecule has 0 heterocycles. The zero-order chi connectivity index (χ0) is 13.1. The molecular formula is C14H10Cl2N2. The van der Waals surface area contributed by atoms with Crippen molar-refractivity contribution in [3.8, 4) is 6.07 Å². The number of benzene rings is 2. The third kappa shape index (κ3) is 2.59. The molecule has 2 aromatic rings. The third-order valence-electron chi connectivity index (χ3n) is 2.52. The number of anilines is 2. The second-order valence-corrected chi connectivity index (χ2v) is 4.70. The van der Waals surface area contributed by atoms with Crippen LogP contribution in [0.1, 0.15) is 11.1 Å². The number of para-hydroxylation sites is 1. The van der Waals surface area contributed by atoms with Crippen LogP contribution in [-0.4, -0.2) is 0 Å². The van der Waals surface area contributed by atoms with Crippen LogP contribution in [0, 0.1) is 18.3 Å². The fourth-order valence-corrected chi connectivity index (χ4v) is 2.10. The van der Waals surface area contributed by atoms with Gasteiger partial charge in [-0.05, 0) is 36.8 Å². The molecule has 0 bridgehead atoms. The number of aryl methyl sites for hydroxylation is 1. The number of nitrogens with zero attached hydrogens (tertiary/aromatic N) is 1. The van der Waals surface area contributed by atoms with E-state index in [9.17, 15) is 0 Å². The summed E-state index contributed by atoms with van der Waals surface area (Å²) in [5.74, 6) is 0. The molecule has 2 aromatic carbocycles. The quantitative estimate of drug-likeness (QED) is 0.845. The van der Waals surface area contributed by atoms with Gasteiger partial charge < -0.3 is 5.32 Å². The first-order valence-corrected chi connectivity index (χ1v) is 6.09. The van der Waals surface area contributed by atoms with Gasteiger partial charge in [0.25, 0.3) is 0 Å². The zero-order valence-corrected chi connectivity index (χ0v) is 11.2. The van der Waals surface area contributed by atoms with Crippen LogP contribution in [0.15, 0.2) is 36.4 Å². The average molecular weight is 277 g/mol. The van der Waals surface area contributed by atoms with E-state index < -0.39 is 0 Å². The molecule has 0 unspecified atom stereocenters. The van der Waals surface area contributed by atoms with Gasteiger partial charge in [0.1, 0.15) is 6.07 Å². The molecule has 0 saturated carbocycles. The third-order valence-corrected chi connectivity index (χ3v) is 3.15. The van der Waals surface area contributed by atoms with Crippen molar-refractivity contribution in [2.24, 2.45) is 0 Å². The van der Waals surface area contributed by atoms with Gasteiger partial charge in [0.15, 0.2) is 0 Å². The summed E-state index contributed by atoms with van der Waals surface area (Å²) in [5.41, 5.74) is 2.92. The Morgan fingerprint density at radius 2 is 1.78 bits per heavy atom. The normalized spacial score (nSPS) is 9.89. The number of nitrogens with one attached hydrogen (secondary N) is 1. The van der Waals surface area contributed by atoms with E-state index in [-0.39, 0.29) is 0 Å². The average Bonchev–Trinajstić information content (AvgIpc) is 2.34. The molecule has 0 aliphatic carbocycles. The Labute approximate surface area is 116 Å². The molecule has 0 atom stereocenters. The Morgan fingerprint density at radius 3 is 2.39 bits per heavy atom. The summed E-state index contributed by atoms with van der Waals surface area (Å²) in [6.07, 6.45) is 0. The van der Waals surface area contributed by atoms with Gasteiger partial charge in [0.05, 0.1) is 27.0 Å². The summed E-state index contributed by atoms with van der Waals surface area (Å²) >= 11 is 12.2. The molecule has 0 spiro atoms. The molecule has 0 aliphatic heterocycles. The lowest BCUT2D eigenvalue weighted by Crippen LogP contribution is -1.96. The van der Waals surface area contributed by atoms with Crippen LogP contribution in [-0.2, 0) is 0 Å². The number of hydrogen-bond acceptors (Lipinski definition) is 2. The number of rotatable bonds is 2. The zero-order valence-electron chi connectivity index (χ0n) is 9.67. The van der Waals surface area contributed by atoms with Crippen molar-refractivity contribution < 1.29 is 0 Å². The van der Waals surface area contributed by atoms with Gasteiger partial charge in [-0.25, -0.2) is 0 Å². The molecule has 2 rings (SSSR count). The van der Waals surface area contributed by atoms with E-state index in [0.29, 0.717) is 27.0 Å². The fraction of sp³-hybridized carbons (Fsp3) is 0.0714. The van der Waals surface area contributed by atoms with Gasteiger partial charge in [0.2, 0.25) is 0 Å². The van der Waals surface area contributed by atoms with Gasteiger partial charge in [-0.3, -0.25) is 0 Å². The molecule has 0 radical (unpaired) electrons. The monoisotopic (exact) mass is 276 g/mol. The Bertz CT molecular complexity index is 610. The van der Waals surface area contributed by atoms with Crippen LogP contribution in [0.2, 0.25) is 10.0 Å². The Hall–Kier alpha value is -1.69. The fourth-order valence-electron chi connectivity index (χ4n) is 1.61. The molecule has 0 aliphatic rings. The van der Waals surface area contributed by atoms with Crippen molar-refractivity contribution in [2.75, 3.05) is 5.32 Å². The van der Waals surface area contributed by atoms with E-state index in [1.54, 1.807) is 24.3 Å². The van der Waals surface area contributed by atoms with Crippen molar-refractivity contribution in [2.45, 2.75) is 6.92 Å². The van der Waals surface area contributed by atoms with Crippen molar-refractivity contribution >= 4 is 34.6 Å². The minimum Gasteiger partial charge on any atom is -0.352 e. The summed E-state index contributed by atoms with van der Waals surface area (Å²) in [5, 5.41) is 13.2. The van der Waals surface area contributed by atoms with E-state index in [1.165, 1.54) is 0 Å². The molecule has 2 nitrogen and oxygen atoms in total. The highest BCUT2D eigenvalue weighted by molar-refractivity contribution is 6.39. The molecule has 0 saturated heterocycles. The van der Waals surface area contributed by atoms with Crippen LogP contribution in [0.3, 0.4) is 0 Å². The van der Waals surface area contributed by atoms with E-state index in [2.05, 4.69) is 11.4 Å². The summed E-state index contributed by atoms with van der Waals surface area (Å²) in [6, 6.07) is 12.9. The molecule has 0 amide bonds. The molecule has 1 N–H and O–H groups in total. The number of hydrogen-bond donors (Lipinski definition) is 1. The highest BCUT2D eigenvalue weighted by Gasteiger charge is 2.08. The van der Waals surface area contributed by atoms with Gasteiger partial charge in [-0.1, -0.05) is 35.3 Å². The van der Waals surface area contributed by atoms with Crippen LogP contribution >= 0.6 is 23.2 Å². The van der Waals surface area contributed by atoms with E-state index in [4.69, 9.17) is 28.5 Å². The Balaban J connectivity index is 2.46. The standard InChI is InChI=1S/C14H10Cl2N2/c1-9-5-6-10(8-17)13(7-9)18-14-11(15)3-2-4-12(14)16/h2-7,18H,1H3. The highest BCUT2D eigenvalue weighted by atomic mass is 35.5. The minimum absolute atomic E-state index is 0.521. The first kappa shape index (κ1) is 12.8. The topological polar surface area (TPSA) is 35.8 Å². The predicted molar refractivity (Wildman–Crippen MR) is 75.6 cm³/mol. The van der Waals surface area contributed by atoms with Crippen LogP contribution in [0.25, 0.3) is 0 Å². The second kappa shape index (κ2) is 5.30. The SMILES string of the molecule is Cc1ccc(C#N)c(Nc2c(Cl)cccc2Cl)c1. The van der Waals surface area contributed by atoms with Crippen molar-refractivity contribution in [3.05, 3.63) is 57.6 Å². The molecule has 90 valence electrons. The molecule has 4 heteroatoms. The lowest BCUT2D eigenvalue weighted by molar-refractivity contribution is 1.41. The van der Waals surface area contributed by atoms with Crippen molar-refractivity contribution in [1.82, 2.24) is 0 Å². The first-order chi connectivity index (χ1) is 8.61. The van der Waals surface area contributed by atoms with E-state index in [0.717, 1.165) is 5.56 Å². The van der Waals surface area contributed by atoms with E-state index in [1.807, 2.05) is 19.1 Å². The van der Waals surface area contributed by atoms with Crippen LogP contribution in [0.4, 0.5) is 11.4 Å². The summed E-state index contributed by atoms with van der Waals surface area (Å²) in [6.45, 7) is 1.96. The lowest BCUT2D eigenvalue weighted by Gasteiger charge is -2.12. The molecule has 0 aromatic heterocycles. The maximum atomic E-state index is 9.07. The van der Waals surface area contributed by atoms with Crippen LogP contribution < -0.4 is 5.32 Å².